The van der Waals surface area contributed by atoms with E-state index in [1.165, 1.54) is 22.5 Å². The van der Waals surface area contributed by atoms with Crippen molar-refractivity contribution in [1.29, 1.82) is 0 Å². The fourth-order valence-electron chi connectivity index (χ4n) is 2.65. The molecule has 2 N–H and O–H groups in total. The van der Waals surface area contributed by atoms with Crippen molar-refractivity contribution in [3.05, 3.63) is 51.9 Å². The molecule has 0 atom stereocenters. The molecule has 1 fully saturated rings. The Morgan fingerprint density at radius 3 is 2.04 bits per heavy atom. The molecule has 26 heavy (non-hydrogen) atoms. The van der Waals surface area contributed by atoms with Crippen LogP contribution in [0, 0.1) is 0 Å². The van der Waals surface area contributed by atoms with E-state index in [0.717, 1.165) is 11.3 Å². The molecule has 0 aliphatic carbocycles. The molecule has 1 aliphatic heterocycles. The first-order valence-electron chi connectivity index (χ1n) is 7.73. The van der Waals surface area contributed by atoms with Gasteiger partial charge in [0, 0.05) is 37.3 Å². The smallest absolute Gasteiger partial charge is 0.253 e. The lowest BCUT2D eigenvalue weighted by molar-refractivity contribution is 0.0697. The quantitative estimate of drug-likeness (QED) is 0.823. The van der Waals surface area contributed by atoms with Crippen molar-refractivity contribution < 1.29 is 18.0 Å². The van der Waals surface area contributed by atoms with Crippen molar-refractivity contribution in [2.75, 3.05) is 26.2 Å². The second-order valence-corrected chi connectivity index (χ2v) is 9.58. The van der Waals surface area contributed by atoms with E-state index < -0.39 is 15.9 Å². The van der Waals surface area contributed by atoms with E-state index in [1.54, 1.807) is 23.1 Å². The third-order valence-corrected chi connectivity index (χ3v) is 7.68. The van der Waals surface area contributed by atoms with Gasteiger partial charge in [0.2, 0.25) is 5.91 Å². The first-order valence-corrected chi connectivity index (χ1v) is 10.4. The van der Waals surface area contributed by atoms with Crippen LogP contribution in [-0.4, -0.2) is 55.6 Å². The van der Waals surface area contributed by atoms with Crippen LogP contribution < -0.4 is 5.73 Å². The standard InChI is InChI=1S/C16H16ClN3O4S2/c17-13-5-6-14(25-13)26(23,24)20-9-7-19(8-10-20)16(22)12-3-1-11(2-4-12)15(18)21/h1-6H,7-10H2,(H2,18,21). The highest BCUT2D eigenvalue weighted by Gasteiger charge is 2.31. The number of primary amides is 1. The molecular formula is C16H16ClN3O4S2. The number of sulfonamides is 1. The molecule has 2 amide bonds. The molecule has 138 valence electrons. The van der Waals surface area contributed by atoms with Crippen LogP contribution in [0.3, 0.4) is 0 Å². The van der Waals surface area contributed by atoms with Crippen LogP contribution in [-0.2, 0) is 10.0 Å². The Kier molecular flexibility index (Phi) is 5.33. The van der Waals surface area contributed by atoms with Crippen molar-refractivity contribution in [2.24, 2.45) is 5.73 Å². The van der Waals surface area contributed by atoms with Gasteiger partial charge in [-0.2, -0.15) is 4.31 Å². The highest BCUT2D eigenvalue weighted by Crippen LogP contribution is 2.28. The number of hydrogen-bond acceptors (Lipinski definition) is 5. The summed E-state index contributed by atoms with van der Waals surface area (Å²) in [6.45, 7) is 0.995. The van der Waals surface area contributed by atoms with Crippen LogP contribution in [0.25, 0.3) is 0 Å². The zero-order chi connectivity index (χ0) is 18.9. The van der Waals surface area contributed by atoms with Gasteiger partial charge in [0.15, 0.2) is 0 Å². The third-order valence-electron chi connectivity index (χ3n) is 4.08. The molecular weight excluding hydrogens is 398 g/mol. The first-order chi connectivity index (χ1) is 12.3. The molecule has 2 heterocycles. The van der Waals surface area contributed by atoms with Crippen LogP contribution in [0.2, 0.25) is 4.34 Å². The fourth-order valence-corrected chi connectivity index (χ4v) is 5.71. The first kappa shape index (κ1) is 18.8. The lowest BCUT2D eigenvalue weighted by Gasteiger charge is -2.33. The van der Waals surface area contributed by atoms with Gasteiger partial charge in [0.05, 0.1) is 4.34 Å². The molecule has 0 spiro atoms. The van der Waals surface area contributed by atoms with Gasteiger partial charge in [0.1, 0.15) is 4.21 Å². The Bertz CT molecular complexity index is 933. The number of halogens is 1. The Hall–Kier alpha value is -1.94. The van der Waals surface area contributed by atoms with Gasteiger partial charge in [-0.25, -0.2) is 8.42 Å². The normalized spacial score (nSPS) is 15.8. The summed E-state index contributed by atoms with van der Waals surface area (Å²) in [7, 11) is -3.59. The molecule has 3 rings (SSSR count). The van der Waals surface area contributed by atoms with Gasteiger partial charge in [-0.15, -0.1) is 11.3 Å². The van der Waals surface area contributed by atoms with Crippen molar-refractivity contribution >= 4 is 44.8 Å². The average molecular weight is 414 g/mol. The summed E-state index contributed by atoms with van der Waals surface area (Å²) in [4.78, 5) is 25.2. The van der Waals surface area contributed by atoms with E-state index in [-0.39, 0.29) is 36.3 Å². The number of hydrogen-bond donors (Lipinski definition) is 1. The molecule has 2 aromatic rings. The molecule has 10 heteroatoms. The number of nitrogens with two attached hydrogens (primary N) is 1. The minimum absolute atomic E-state index is 0.198. The summed E-state index contributed by atoms with van der Waals surface area (Å²) >= 11 is 6.84. The molecule has 7 nitrogen and oxygen atoms in total. The van der Waals surface area contributed by atoms with Gasteiger partial charge >= 0.3 is 0 Å². The molecule has 1 aliphatic rings. The van der Waals surface area contributed by atoms with Crippen LogP contribution in [0.15, 0.2) is 40.6 Å². The molecule has 1 aromatic heterocycles. The molecule has 1 aromatic carbocycles. The zero-order valence-corrected chi connectivity index (χ0v) is 16.0. The predicted octanol–water partition coefficient (Wildman–Crippen LogP) is 1.65. The minimum Gasteiger partial charge on any atom is -0.366 e. The number of benzene rings is 1. The molecule has 0 unspecified atom stereocenters. The van der Waals surface area contributed by atoms with E-state index in [0.29, 0.717) is 15.5 Å². The minimum atomic E-state index is -3.59. The second-order valence-electron chi connectivity index (χ2n) is 5.70. The summed E-state index contributed by atoms with van der Waals surface area (Å²) in [6.07, 6.45) is 0. The number of carbonyl (C=O) groups excluding carboxylic acids is 2. The van der Waals surface area contributed by atoms with E-state index >= 15 is 0 Å². The summed E-state index contributed by atoms with van der Waals surface area (Å²) < 4.78 is 27.1. The van der Waals surface area contributed by atoms with Crippen molar-refractivity contribution in [1.82, 2.24) is 9.21 Å². The number of nitrogens with zero attached hydrogens (tertiary/aromatic N) is 2. The largest absolute Gasteiger partial charge is 0.366 e. The van der Waals surface area contributed by atoms with E-state index in [9.17, 15) is 18.0 Å². The predicted molar refractivity (Wildman–Crippen MR) is 99.0 cm³/mol. The van der Waals surface area contributed by atoms with E-state index in [4.69, 9.17) is 17.3 Å². The highest BCUT2D eigenvalue weighted by molar-refractivity contribution is 7.91. The highest BCUT2D eigenvalue weighted by atomic mass is 35.5. The van der Waals surface area contributed by atoms with Crippen molar-refractivity contribution in [2.45, 2.75) is 4.21 Å². The zero-order valence-electron chi connectivity index (χ0n) is 13.6. The Morgan fingerprint density at radius 2 is 1.54 bits per heavy atom. The SMILES string of the molecule is NC(=O)c1ccc(C(=O)N2CCN(S(=O)(=O)c3ccc(Cl)s3)CC2)cc1. The third kappa shape index (κ3) is 3.75. The summed E-state index contributed by atoms with van der Waals surface area (Å²) in [5, 5.41) is 0. The summed E-state index contributed by atoms with van der Waals surface area (Å²) in [6, 6.07) is 9.11. The number of carbonyl (C=O) groups is 2. The number of rotatable bonds is 4. The Morgan fingerprint density at radius 1 is 0.962 bits per heavy atom. The second kappa shape index (κ2) is 7.36. The number of piperazine rings is 1. The Balaban J connectivity index is 1.66. The van der Waals surface area contributed by atoms with Crippen LogP contribution in [0.4, 0.5) is 0 Å². The topological polar surface area (TPSA) is 101 Å². The molecule has 0 bridgehead atoms. The number of amides is 2. The average Bonchev–Trinajstić information content (AvgIpc) is 3.08. The monoisotopic (exact) mass is 413 g/mol. The summed E-state index contributed by atoms with van der Waals surface area (Å²) in [5.74, 6) is -0.770. The number of thiophene rings is 1. The van der Waals surface area contributed by atoms with Gasteiger partial charge in [0.25, 0.3) is 15.9 Å². The van der Waals surface area contributed by atoms with E-state index in [2.05, 4.69) is 0 Å². The van der Waals surface area contributed by atoms with Gasteiger partial charge in [-0.3, -0.25) is 9.59 Å². The lowest BCUT2D eigenvalue weighted by Crippen LogP contribution is -2.50. The maximum atomic E-state index is 12.6. The van der Waals surface area contributed by atoms with Gasteiger partial charge in [-0.05, 0) is 36.4 Å². The van der Waals surface area contributed by atoms with Crippen molar-refractivity contribution in [3.8, 4) is 0 Å². The Labute approximate surface area is 160 Å². The maximum Gasteiger partial charge on any atom is 0.253 e. The van der Waals surface area contributed by atoms with Gasteiger partial charge in [-0.1, -0.05) is 11.6 Å². The maximum absolute atomic E-state index is 12.6. The van der Waals surface area contributed by atoms with Gasteiger partial charge < -0.3 is 10.6 Å². The van der Waals surface area contributed by atoms with Crippen LogP contribution >= 0.6 is 22.9 Å². The molecule has 0 saturated carbocycles. The lowest BCUT2D eigenvalue weighted by atomic mass is 10.1. The summed E-state index contributed by atoms with van der Waals surface area (Å²) in [5.41, 5.74) is 5.94. The van der Waals surface area contributed by atoms with Crippen LogP contribution in [0.1, 0.15) is 20.7 Å². The van der Waals surface area contributed by atoms with Crippen molar-refractivity contribution in [3.63, 3.8) is 0 Å². The molecule has 0 radical (unpaired) electrons. The van der Waals surface area contributed by atoms with Crippen LogP contribution in [0.5, 0.6) is 0 Å². The fraction of sp³-hybridized carbons (Fsp3) is 0.250. The van der Waals surface area contributed by atoms with E-state index in [1.807, 2.05) is 0 Å². The molecule has 1 saturated heterocycles.